The van der Waals surface area contributed by atoms with Gasteiger partial charge in [0.1, 0.15) is 0 Å². The zero-order valence-electron chi connectivity index (χ0n) is 9.57. The Hall–Kier alpha value is -1.38. The lowest BCUT2D eigenvalue weighted by Gasteiger charge is -2.00. The molecule has 0 N–H and O–H groups in total. The van der Waals surface area contributed by atoms with Crippen molar-refractivity contribution in [3.05, 3.63) is 29.7 Å². The first-order valence-electron chi connectivity index (χ1n) is 5.66. The van der Waals surface area contributed by atoms with Gasteiger partial charge in [0, 0.05) is 23.9 Å². The first-order chi connectivity index (χ1) is 7.34. The Morgan fingerprint density at radius 2 is 2.07 bits per heavy atom. The van der Waals surface area contributed by atoms with Gasteiger partial charge in [-0.05, 0) is 25.8 Å². The molecule has 1 saturated carbocycles. The summed E-state index contributed by atoms with van der Waals surface area (Å²) in [5, 5.41) is 4.43. The molecule has 1 fully saturated rings. The van der Waals surface area contributed by atoms with Crippen LogP contribution in [0.15, 0.2) is 18.3 Å². The molecule has 0 amide bonds. The predicted molar refractivity (Wildman–Crippen MR) is 61.0 cm³/mol. The minimum absolute atomic E-state index is 0.727. The highest BCUT2D eigenvalue weighted by Gasteiger charge is 2.26. The van der Waals surface area contributed by atoms with Gasteiger partial charge in [-0.1, -0.05) is 13.8 Å². The van der Waals surface area contributed by atoms with Gasteiger partial charge in [0.2, 0.25) is 0 Å². The number of rotatable bonds is 1. The molecule has 0 bridgehead atoms. The smallest absolute Gasteiger partial charge is 0.155 e. The van der Waals surface area contributed by atoms with Crippen LogP contribution < -0.4 is 0 Å². The Kier molecular flexibility index (Phi) is 2.71. The van der Waals surface area contributed by atoms with Crippen LogP contribution in [0.3, 0.4) is 0 Å². The Bertz CT molecular complexity index is 455. The highest BCUT2D eigenvalue weighted by Crippen LogP contribution is 2.39. The summed E-state index contributed by atoms with van der Waals surface area (Å²) >= 11 is 0. The van der Waals surface area contributed by atoms with E-state index in [1.165, 1.54) is 18.5 Å². The Balaban J connectivity index is 0.000000404. The monoisotopic (exact) mass is 203 g/mol. The summed E-state index contributed by atoms with van der Waals surface area (Å²) in [6.45, 7) is 6.01. The second kappa shape index (κ2) is 4.01. The fourth-order valence-electron chi connectivity index (χ4n) is 1.72. The van der Waals surface area contributed by atoms with E-state index in [-0.39, 0.29) is 0 Å². The van der Waals surface area contributed by atoms with E-state index >= 15 is 0 Å². The molecule has 2 heterocycles. The van der Waals surface area contributed by atoms with Gasteiger partial charge >= 0.3 is 0 Å². The molecule has 3 nitrogen and oxygen atoms in total. The summed E-state index contributed by atoms with van der Waals surface area (Å²) in [5.41, 5.74) is 3.33. The van der Waals surface area contributed by atoms with Crippen molar-refractivity contribution >= 4 is 5.65 Å². The van der Waals surface area contributed by atoms with E-state index < -0.39 is 0 Å². The summed E-state index contributed by atoms with van der Waals surface area (Å²) in [4.78, 5) is 4.27. The molecule has 0 saturated heterocycles. The molecule has 0 aromatic carbocycles. The maximum atomic E-state index is 4.43. The second-order valence-corrected chi connectivity index (χ2v) is 3.70. The third kappa shape index (κ3) is 1.87. The average molecular weight is 203 g/mol. The van der Waals surface area contributed by atoms with Gasteiger partial charge < -0.3 is 0 Å². The van der Waals surface area contributed by atoms with E-state index in [2.05, 4.69) is 16.1 Å². The Morgan fingerprint density at radius 1 is 1.33 bits per heavy atom. The molecule has 3 heteroatoms. The first kappa shape index (κ1) is 10.1. The zero-order valence-corrected chi connectivity index (χ0v) is 9.57. The van der Waals surface area contributed by atoms with Crippen molar-refractivity contribution in [2.24, 2.45) is 0 Å². The van der Waals surface area contributed by atoms with Crippen molar-refractivity contribution in [1.29, 1.82) is 0 Å². The van der Waals surface area contributed by atoms with E-state index in [1.807, 2.05) is 37.5 Å². The van der Waals surface area contributed by atoms with Gasteiger partial charge in [-0.2, -0.15) is 5.10 Å². The normalized spacial score (nSPS) is 14.9. The third-order valence-corrected chi connectivity index (χ3v) is 2.51. The molecule has 80 valence electrons. The standard InChI is InChI=1S/C10H11N3.C2H6/c1-7-6-10-11-5-4-9(8-2-3-8)13(10)12-7;1-2/h4-6,8H,2-3H2,1H3;1-2H3. The molecule has 1 aliphatic rings. The summed E-state index contributed by atoms with van der Waals surface area (Å²) < 4.78 is 1.98. The average Bonchev–Trinajstić information content (AvgIpc) is 3.02. The van der Waals surface area contributed by atoms with Crippen LogP contribution in [0.4, 0.5) is 0 Å². The molecule has 0 spiro atoms. The maximum Gasteiger partial charge on any atom is 0.155 e. The van der Waals surface area contributed by atoms with Crippen LogP contribution in [-0.4, -0.2) is 14.6 Å². The fourth-order valence-corrected chi connectivity index (χ4v) is 1.72. The van der Waals surface area contributed by atoms with Crippen molar-refractivity contribution in [3.8, 4) is 0 Å². The molecule has 0 aliphatic heterocycles. The SMILES string of the molecule is CC.Cc1cc2nccc(C3CC3)n2n1. The van der Waals surface area contributed by atoms with Gasteiger partial charge in [-0.3, -0.25) is 0 Å². The lowest BCUT2D eigenvalue weighted by Crippen LogP contribution is -1.97. The van der Waals surface area contributed by atoms with E-state index in [0.29, 0.717) is 0 Å². The van der Waals surface area contributed by atoms with E-state index in [1.54, 1.807) is 0 Å². The molecular formula is C12H17N3. The number of aromatic nitrogens is 3. The molecule has 0 radical (unpaired) electrons. The van der Waals surface area contributed by atoms with Crippen molar-refractivity contribution in [3.63, 3.8) is 0 Å². The molecule has 0 atom stereocenters. The second-order valence-electron chi connectivity index (χ2n) is 3.70. The summed E-state index contributed by atoms with van der Waals surface area (Å²) in [6, 6.07) is 4.10. The number of hydrogen-bond donors (Lipinski definition) is 0. The highest BCUT2D eigenvalue weighted by atomic mass is 15.3. The van der Waals surface area contributed by atoms with Crippen LogP contribution in [0.5, 0.6) is 0 Å². The van der Waals surface area contributed by atoms with Crippen molar-refractivity contribution < 1.29 is 0 Å². The lowest BCUT2D eigenvalue weighted by atomic mass is 10.3. The van der Waals surface area contributed by atoms with E-state index in [9.17, 15) is 0 Å². The predicted octanol–water partition coefficient (Wildman–Crippen LogP) is 2.94. The largest absolute Gasteiger partial charge is 0.237 e. The van der Waals surface area contributed by atoms with E-state index in [0.717, 1.165) is 17.3 Å². The van der Waals surface area contributed by atoms with Crippen LogP contribution in [0.25, 0.3) is 5.65 Å². The lowest BCUT2D eigenvalue weighted by molar-refractivity contribution is 0.830. The van der Waals surface area contributed by atoms with Gasteiger partial charge in [0.05, 0.1) is 5.69 Å². The zero-order chi connectivity index (χ0) is 10.8. The molecule has 15 heavy (non-hydrogen) atoms. The van der Waals surface area contributed by atoms with Crippen LogP contribution in [0, 0.1) is 6.92 Å². The first-order valence-corrected chi connectivity index (χ1v) is 5.66. The van der Waals surface area contributed by atoms with Gasteiger partial charge in [-0.25, -0.2) is 9.50 Å². The van der Waals surface area contributed by atoms with E-state index in [4.69, 9.17) is 0 Å². The summed E-state index contributed by atoms with van der Waals surface area (Å²) in [7, 11) is 0. The van der Waals surface area contributed by atoms with Crippen LogP contribution >= 0.6 is 0 Å². The highest BCUT2D eigenvalue weighted by molar-refractivity contribution is 5.40. The molecular weight excluding hydrogens is 186 g/mol. The maximum absolute atomic E-state index is 4.43. The molecule has 0 unspecified atom stereocenters. The van der Waals surface area contributed by atoms with Crippen LogP contribution in [-0.2, 0) is 0 Å². The third-order valence-electron chi connectivity index (χ3n) is 2.51. The summed E-state index contributed by atoms with van der Waals surface area (Å²) in [6.07, 6.45) is 4.49. The van der Waals surface area contributed by atoms with Crippen molar-refractivity contribution in [1.82, 2.24) is 14.6 Å². The summed E-state index contributed by atoms with van der Waals surface area (Å²) in [5.74, 6) is 0.727. The topological polar surface area (TPSA) is 30.2 Å². The number of hydrogen-bond acceptors (Lipinski definition) is 2. The van der Waals surface area contributed by atoms with Crippen LogP contribution in [0.1, 0.15) is 44.0 Å². The van der Waals surface area contributed by atoms with Crippen molar-refractivity contribution in [2.75, 3.05) is 0 Å². The van der Waals surface area contributed by atoms with Gasteiger partial charge in [-0.15, -0.1) is 0 Å². The number of fused-ring (bicyclic) bond motifs is 1. The minimum atomic E-state index is 0.727. The van der Waals surface area contributed by atoms with Gasteiger partial charge in [0.25, 0.3) is 0 Å². The molecule has 1 aliphatic carbocycles. The minimum Gasteiger partial charge on any atom is -0.237 e. The number of aryl methyl sites for hydroxylation is 1. The molecule has 2 aromatic heterocycles. The Labute approximate surface area is 90.1 Å². The molecule has 3 rings (SSSR count). The quantitative estimate of drug-likeness (QED) is 0.713. The van der Waals surface area contributed by atoms with Crippen LogP contribution in [0.2, 0.25) is 0 Å². The van der Waals surface area contributed by atoms with Gasteiger partial charge in [0.15, 0.2) is 5.65 Å². The molecule has 2 aromatic rings. The van der Waals surface area contributed by atoms with Crippen molar-refractivity contribution in [2.45, 2.75) is 39.5 Å². The Morgan fingerprint density at radius 3 is 2.73 bits per heavy atom. The fraction of sp³-hybridized carbons (Fsp3) is 0.500. The number of nitrogens with zero attached hydrogens (tertiary/aromatic N) is 3.